The zero-order valence-electron chi connectivity index (χ0n) is 16.9. The number of nitrogens with zero attached hydrogens (tertiary/aromatic N) is 1. The first-order valence-corrected chi connectivity index (χ1v) is 10.2. The summed E-state index contributed by atoms with van der Waals surface area (Å²) < 4.78 is 60.6. The molecule has 0 radical (unpaired) electrons. The quantitative estimate of drug-likeness (QED) is 0.217. The molecule has 3 unspecified atom stereocenters. The van der Waals surface area contributed by atoms with Crippen molar-refractivity contribution in [2.75, 3.05) is 14.2 Å². The summed E-state index contributed by atoms with van der Waals surface area (Å²) in [6, 6.07) is 0. The predicted octanol–water partition coefficient (Wildman–Crippen LogP) is -3.59. The van der Waals surface area contributed by atoms with Crippen molar-refractivity contribution < 1.29 is 70.9 Å². The average Bonchev–Trinajstić information content (AvgIpc) is 2.68. The maximum Gasteiger partial charge on any atom is 0.399 e. The van der Waals surface area contributed by atoms with Crippen molar-refractivity contribution in [3.8, 4) is 0 Å². The number of aliphatic hydroxyl groups is 3. The van der Waals surface area contributed by atoms with Gasteiger partial charge in [-0.25, -0.2) is 14.0 Å². The van der Waals surface area contributed by atoms with Crippen molar-refractivity contribution in [1.29, 1.82) is 0 Å². The lowest BCUT2D eigenvalue weighted by atomic mass is 9.98. The zero-order valence-corrected chi connectivity index (χ0v) is 17.7. The molecular formula is C15H23NO15S. The third kappa shape index (κ3) is 6.02. The molecule has 2 aliphatic rings. The molecule has 0 saturated carbocycles. The van der Waals surface area contributed by atoms with Gasteiger partial charge in [0.05, 0.1) is 0 Å². The molecule has 0 aliphatic carbocycles. The number of carboxylic acid groups (broad SMARTS) is 1. The van der Waals surface area contributed by atoms with Gasteiger partial charge in [0.25, 0.3) is 0 Å². The normalized spacial score (nSPS) is 39.7. The minimum absolute atomic E-state index is 0.464. The van der Waals surface area contributed by atoms with Gasteiger partial charge in [0, 0.05) is 21.1 Å². The molecule has 0 aromatic heterocycles. The predicted molar refractivity (Wildman–Crippen MR) is 96.4 cm³/mol. The monoisotopic (exact) mass is 489 g/mol. The number of aliphatic hydroxyl groups excluding tert-OH is 3. The zero-order chi connectivity index (χ0) is 24.4. The Kier molecular flexibility index (Phi) is 8.76. The molecule has 0 aromatic carbocycles. The second-order valence-corrected chi connectivity index (χ2v) is 7.69. The van der Waals surface area contributed by atoms with Gasteiger partial charge >= 0.3 is 16.4 Å². The van der Waals surface area contributed by atoms with Crippen LogP contribution in [0.2, 0.25) is 0 Å². The number of amides is 1. The SMILES string of the molecule is CO[C@@H]1O[C@@H](OS(=O)(=O)O)[C@H](O)C(O[C@@H]2O[C@@H](C(=O)O)[C@@H](OC)C(O)C2O)C1=NC(C)=O. The Balaban J connectivity index is 2.42. The number of aliphatic carboxylic acids is 1. The van der Waals surface area contributed by atoms with Crippen LogP contribution in [0.4, 0.5) is 0 Å². The van der Waals surface area contributed by atoms with Gasteiger partial charge in [-0.3, -0.25) is 9.35 Å². The van der Waals surface area contributed by atoms with Gasteiger partial charge in [-0.2, -0.15) is 8.42 Å². The first-order chi connectivity index (χ1) is 14.8. The molecule has 0 aromatic rings. The highest BCUT2D eigenvalue weighted by Gasteiger charge is 2.53. The fraction of sp³-hybridized carbons (Fsp3) is 0.800. The van der Waals surface area contributed by atoms with Crippen LogP contribution in [-0.4, -0.2) is 121 Å². The standard InChI is InChI=1S/C15H23NO15S/c1-4(17)16-5-9(8(20)15(30-13(5)27-3)31-32(23,24)25)28-14-7(19)6(18)10(26-2)11(29-14)12(21)22/h6-11,13-15,18-20H,1-3H3,(H,21,22)(H,23,24,25)/t6?,7?,8-,9?,10+,11-,13-,14-,15+/m1/s1. The minimum atomic E-state index is -5.15. The molecule has 2 aliphatic heterocycles. The number of carbonyl (C=O) groups is 2. The third-order valence-corrected chi connectivity index (χ3v) is 4.87. The summed E-state index contributed by atoms with van der Waals surface area (Å²) in [4.78, 5) is 26.6. The number of hydrogen-bond acceptors (Lipinski definition) is 13. The smallest absolute Gasteiger partial charge is 0.399 e. The fourth-order valence-electron chi connectivity index (χ4n) is 3.10. The highest BCUT2D eigenvalue weighted by Crippen LogP contribution is 2.30. The first-order valence-electron chi connectivity index (χ1n) is 8.84. The highest BCUT2D eigenvalue weighted by molar-refractivity contribution is 7.80. The van der Waals surface area contributed by atoms with Crippen molar-refractivity contribution in [2.24, 2.45) is 4.99 Å². The van der Waals surface area contributed by atoms with Crippen LogP contribution in [0, 0.1) is 0 Å². The van der Waals surface area contributed by atoms with Crippen LogP contribution in [0.1, 0.15) is 6.92 Å². The van der Waals surface area contributed by atoms with Crippen LogP contribution >= 0.6 is 0 Å². The van der Waals surface area contributed by atoms with E-state index in [9.17, 15) is 38.4 Å². The van der Waals surface area contributed by atoms with Crippen LogP contribution < -0.4 is 0 Å². The van der Waals surface area contributed by atoms with Crippen molar-refractivity contribution in [3.05, 3.63) is 0 Å². The van der Waals surface area contributed by atoms with E-state index < -0.39 is 83.5 Å². The van der Waals surface area contributed by atoms with Gasteiger partial charge in [-0.1, -0.05) is 0 Å². The summed E-state index contributed by atoms with van der Waals surface area (Å²) in [5.41, 5.74) is -0.464. The van der Waals surface area contributed by atoms with E-state index in [1.807, 2.05) is 0 Å². The summed E-state index contributed by atoms with van der Waals surface area (Å²) >= 11 is 0. The molecular weight excluding hydrogens is 466 g/mol. The third-order valence-electron chi connectivity index (χ3n) is 4.44. The molecule has 2 fully saturated rings. The Morgan fingerprint density at radius 2 is 1.62 bits per heavy atom. The number of hydrogen-bond donors (Lipinski definition) is 5. The topological polar surface area (TPSA) is 237 Å². The largest absolute Gasteiger partial charge is 0.479 e. The molecule has 5 N–H and O–H groups in total. The van der Waals surface area contributed by atoms with Crippen molar-refractivity contribution in [2.45, 2.75) is 62.4 Å². The van der Waals surface area contributed by atoms with E-state index in [0.29, 0.717) is 0 Å². The Labute approximate surface area is 181 Å². The van der Waals surface area contributed by atoms with E-state index in [-0.39, 0.29) is 0 Å². The second kappa shape index (κ2) is 10.5. The number of carbonyl (C=O) groups excluding carboxylic acids is 1. The maximum absolute atomic E-state index is 11.6. The Morgan fingerprint density at radius 3 is 2.09 bits per heavy atom. The lowest BCUT2D eigenvalue weighted by Gasteiger charge is -2.44. The van der Waals surface area contributed by atoms with Crippen LogP contribution in [0.15, 0.2) is 4.99 Å². The molecule has 0 bridgehead atoms. The van der Waals surface area contributed by atoms with E-state index in [4.69, 9.17) is 28.2 Å². The van der Waals surface area contributed by atoms with E-state index >= 15 is 0 Å². The number of aliphatic imine (C=N–C) groups is 1. The van der Waals surface area contributed by atoms with E-state index in [1.54, 1.807) is 0 Å². The van der Waals surface area contributed by atoms with Gasteiger partial charge in [-0.05, 0) is 0 Å². The van der Waals surface area contributed by atoms with E-state index in [0.717, 1.165) is 21.1 Å². The highest BCUT2D eigenvalue weighted by atomic mass is 32.3. The molecule has 2 rings (SSSR count). The number of methoxy groups -OCH3 is 2. The van der Waals surface area contributed by atoms with Crippen LogP contribution in [0.3, 0.4) is 0 Å². The van der Waals surface area contributed by atoms with Gasteiger partial charge in [0.1, 0.15) is 36.2 Å². The maximum atomic E-state index is 11.6. The van der Waals surface area contributed by atoms with Crippen molar-refractivity contribution in [3.63, 3.8) is 0 Å². The molecule has 2 heterocycles. The van der Waals surface area contributed by atoms with E-state index in [1.165, 1.54) is 0 Å². The first kappa shape index (κ1) is 26.6. The molecule has 9 atom stereocenters. The summed E-state index contributed by atoms with van der Waals surface area (Å²) in [6.45, 7) is 1.02. The Bertz CT molecular complexity index is 831. The molecule has 0 spiro atoms. The molecule has 1 amide bonds. The Morgan fingerprint density at radius 1 is 1.00 bits per heavy atom. The number of rotatable bonds is 7. The number of carboxylic acids is 1. The van der Waals surface area contributed by atoms with Gasteiger partial charge in [0.2, 0.25) is 18.5 Å². The van der Waals surface area contributed by atoms with Crippen LogP contribution in [-0.2, 0) is 47.9 Å². The lowest BCUT2D eigenvalue weighted by molar-refractivity contribution is -0.322. The summed E-state index contributed by atoms with van der Waals surface area (Å²) in [5, 5.41) is 40.3. The molecule has 16 nitrogen and oxygen atoms in total. The fourth-order valence-corrected chi connectivity index (χ4v) is 3.50. The molecule has 184 valence electrons. The van der Waals surface area contributed by atoms with E-state index in [2.05, 4.69) is 9.18 Å². The summed E-state index contributed by atoms with van der Waals surface area (Å²) in [7, 11) is -3.03. The summed E-state index contributed by atoms with van der Waals surface area (Å²) in [5.74, 6) is -2.41. The average molecular weight is 489 g/mol. The molecule has 17 heteroatoms. The van der Waals surface area contributed by atoms with Gasteiger partial charge in [-0.15, -0.1) is 0 Å². The van der Waals surface area contributed by atoms with Gasteiger partial charge in [0.15, 0.2) is 12.4 Å². The molecule has 32 heavy (non-hydrogen) atoms. The Hall–Kier alpha value is -1.64. The molecule has 2 saturated heterocycles. The second-order valence-electron chi connectivity index (χ2n) is 6.64. The van der Waals surface area contributed by atoms with Crippen molar-refractivity contribution in [1.82, 2.24) is 0 Å². The minimum Gasteiger partial charge on any atom is -0.479 e. The lowest BCUT2D eigenvalue weighted by Crippen LogP contribution is -2.64. The van der Waals surface area contributed by atoms with Gasteiger partial charge < -0.3 is 44.1 Å². The summed E-state index contributed by atoms with van der Waals surface area (Å²) in [6.07, 6.45) is -16.8. The number of ether oxygens (including phenoxy) is 5. The van der Waals surface area contributed by atoms with Crippen LogP contribution in [0.25, 0.3) is 0 Å². The van der Waals surface area contributed by atoms with Crippen molar-refractivity contribution >= 4 is 28.0 Å². The van der Waals surface area contributed by atoms with Crippen LogP contribution in [0.5, 0.6) is 0 Å².